The molecule has 0 fully saturated rings. The molecule has 0 radical (unpaired) electrons. The maximum atomic E-state index is 11.5. The van der Waals surface area contributed by atoms with Gasteiger partial charge in [-0.1, -0.05) is 13.8 Å². The van der Waals surface area contributed by atoms with Crippen LogP contribution in [0.5, 0.6) is 0 Å². The summed E-state index contributed by atoms with van der Waals surface area (Å²) in [6.45, 7) is 11.3. The van der Waals surface area contributed by atoms with Gasteiger partial charge >= 0.3 is 5.97 Å². The Morgan fingerprint density at radius 3 is 2.50 bits per heavy atom. The summed E-state index contributed by atoms with van der Waals surface area (Å²) >= 11 is 0. The third-order valence-electron chi connectivity index (χ3n) is 3.95. The van der Waals surface area contributed by atoms with Crippen molar-refractivity contribution in [3.63, 3.8) is 0 Å². The molecular formula is C15H27N3O2. The lowest BCUT2D eigenvalue weighted by Crippen LogP contribution is -2.50. The van der Waals surface area contributed by atoms with Gasteiger partial charge in [0.2, 0.25) is 0 Å². The molecule has 0 saturated carbocycles. The molecule has 0 bridgehead atoms. The quantitative estimate of drug-likeness (QED) is 0.767. The SMILES string of the molecule is CCCNC(C)(CCn1nc(C)c(CC)c1C)C(=O)O. The van der Waals surface area contributed by atoms with Crippen molar-refractivity contribution >= 4 is 5.97 Å². The standard InChI is InChI=1S/C15H27N3O2/c1-6-9-16-15(5,14(19)20)8-10-18-12(4)13(7-2)11(3)17-18/h16H,6-10H2,1-5H3,(H,19,20). The summed E-state index contributed by atoms with van der Waals surface area (Å²) in [5.41, 5.74) is 2.56. The van der Waals surface area contributed by atoms with Crippen molar-refractivity contribution in [1.82, 2.24) is 15.1 Å². The third kappa shape index (κ3) is 3.60. The zero-order chi connectivity index (χ0) is 15.3. The molecule has 0 aliphatic carbocycles. The van der Waals surface area contributed by atoms with Crippen molar-refractivity contribution in [2.45, 2.75) is 66.0 Å². The van der Waals surface area contributed by atoms with E-state index in [1.165, 1.54) is 5.56 Å². The first kappa shape index (κ1) is 16.7. The number of aliphatic carboxylic acids is 1. The van der Waals surface area contributed by atoms with Crippen molar-refractivity contribution in [2.24, 2.45) is 0 Å². The predicted molar refractivity (Wildman–Crippen MR) is 80.0 cm³/mol. The van der Waals surface area contributed by atoms with E-state index in [0.29, 0.717) is 19.5 Å². The monoisotopic (exact) mass is 281 g/mol. The molecule has 1 heterocycles. The summed E-state index contributed by atoms with van der Waals surface area (Å²) in [4.78, 5) is 11.5. The highest BCUT2D eigenvalue weighted by Gasteiger charge is 2.32. The van der Waals surface area contributed by atoms with E-state index in [-0.39, 0.29) is 0 Å². The molecule has 0 saturated heterocycles. The number of aryl methyl sites for hydroxylation is 2. The van der Waals surface area contributed by atoms with Crippen molar-refractivity contribution < 1.29 is 9.90 Å². The highest BCUT2D eigenvalue weighted by molar-refractivity contribution is 5.78. The fraction of sp³-hybridized carbons (Fsp3) is 0.733. The summed E-state index contributed by atoms with van der Waals surface area (Å²) in [7, 11) is 0. The van der Waals surface area contributed by atoms with E-state index in [4.69, 9.17) is 0 Å². The van der Waals surface area contributed by atoms with Gasteiger partial charge in [-0.25, -0.2) is 0 Å². The summed E-state index contributed by atoms with van der Waals surface area (Å²) in [6.07, 6.45) is 2.40. The molecule has 0 amide bonds. The molecule has 1 aromatic heterocycles. The number of carboxylic acids is 1. The normalized spacial score (nSPS) is 14.2. The Labute approximate surface area is 121 Å². The smallest absolute Gasteiger partial charge is 0.323 e. The lowest BCUT2D eigenvalue weighted by molar-refractivity contribution is -0.144. The molecule has 0 aliphatic rings. The minimum Gasteiger partial charge on any atom is -0.480 e. The average molecular weight is 281 g/mol. The highest BCUT2D eigenvalue weighted by Crippen LogP contribution is 2.17. The lowest BCUT2D eigenvalue weighted by atomic mass is 9.97. The number of nitrogens with one attached hydrogen (secondary N) is 1. The molecule has 0 aromatic carbocycles. The molecule has 20 heavy (non-hydrogen) atoms. The van der Waals surface area contributed by atoms with Gasteiger partial charge in [0.25, 0.3) is 0 Å². The van der Waals surface area contributed by atoms with Gasteiger partial charge in [-0.3, -0.25) is 9.48 Å². The van der Waals surface area contributed by atoms with E-state index in [2.05, 4.69) is 24.3 Å². The van der Waals surface area contributed by atoms with Crippen molar-refractivity contribution in [2.75, 3.05) is 6.54 Å². The van der Waals surface area contributed by atoms with Gasteiger partial charge in [-0.05, 0) is 52.1 Å². The number of hydrogen-bond donors (Lipinski definition) is 2. The zero-order valence-electron chi connectivity index (χ0n) is 13.3. The van der Waals surface area contributed by atoms with Crippen molar-refractivity contribution in [3.05, 3.63) is 17.0 Å². The second-order valence-electron chi connectivity index (χ2n) is 5.54. The van der Waals surface area contributed by atoms with Crippen LogP contribution in [0, 0.1) is 13.8 Å². The Balaban J connectivity index is 2.80. The number of hydrogen-bond acceptors (Lipinski definition) is 3. The van der Waals surface area contributed by atoms with Gasteiger partial charge in [-0.2, -0.15) is 5.10 Å². The maximum absolute atomic E-state index is 11.5. The summed E-state index contributed by atoms with van der Waals surface area (Å²) in [5, 5.41) is 17.1. The molecule has 1 aromatic rings. The van der Waals surface area contributed by atoms with Gasteiger partial charge in [0, 0.05) is 12.2 Å². The number of carboxylic acid groups (broad SMARTS) is 1. The van der Waals surface area contributed by atoms with Crippen LogP contribution < -0.4 is 5.32 Å². The highest BCUT2D eigenvalue weighted by atomic mass is 16.4. The molecule has 1 rings (SSSR count). The molecule has 1 unspecified atom stereocenters. The fourth-order valence-electron chi connectivity index (χ4n) is 2.46. The van der Waals surface area contributed by atoms with E-state index in [9.17, 15) is 9.90 Å². The van der Waals surface area contributed by atoms with Crippen LogP contribution in [-0.4, -0.2) is 32.9 Å². The van der Waals surface area contributed by atoms with Crippen LogP contribution in [-0.2, 0) is 17.8 Å². The predicted octanol–water partition coefficient (Wildman–Crippen LogP) is 2.30. The molecule has 0 aliphatic heterocycles. The van der Waals surface area contributed by atoms with Crippen LogP contribution in [0.2, 0.25) is 0 Å². The lowest BCUT2D eigenvalue weighted by Gasteiger charge is -2.26. The van der Waals surface area contributed by atoms with Gasteiger partial charge in [0.05, 0.1) is 5.69 Å². The van der Waals surface area contributed by atoms with Crippen molar-refractivity contribution in [1.29, 1.82) is 0 Å². The number of nitrogens with zero attached hydrogens (tertiary/aromatic N) is 2. The Hall–Kier alpha value is -1.36. The van der Waals surface area contributed by atoms with E-state index < -0.39 is 11.5 Å². The van der Waals surface area contributed by atoms with Gasteiger partial charge in [0.15, 0.2) is 0 Å². The van der Waals surface area contributed by atoms with Crippen LogP contribution >= 0.6 is 0 Å². The van der Waals surface area contributed by atoms with Crippen LogP contribution in [0.25, 0.3) is 0 Å². The zero-order valence-corrected chi connectivity index (χ0v) is 13.3. The molecule has 114 valence electrons. The van der Waals surface area contributed by atoms with E-state index in [1.807, 2.05) is 18.5 Å². The first-order valence-corrected chi connectivity index (χ1v) is 7.37. The van der Waals surface area contributed by atoms with Gasteiger partial charge in [0.1, 0.15) is 5.54 Å². The summed E-state index contributed by atoms with van der Waals surface area (Å²) < 4.78 is 1.93. The maximum Gasteiger partial charge on any atom is 0.323 e. The topological polar surface area (TPSA) is 67.2 Å². The molecule has 2 N–H and O–H groups in total. The Bertz CT molecular complexity index is 468. The molecular weight excluding hydrogens is 254 g/mol. The van der Waals surface area contributed by atoms with Crippen LogP contribution in [0.3, 0.4) is 0 Å². The third-order valence-corrected chi connectivity index (χ3v) is 3.95. The van der Waals surface area contributed by atoms with E-state index >= 15 is 0 Å². The van der Waals surface area contributed by atoms with E-state index in [0.717, 1.165) is 24.2 Å². The van der Waals surface area contributed by atoms with Gasteiger partial charge < -0.3 is 10.4 Å². The molecule has 1 atom stereocenters. The first-order valence-electron chi connectivity index (χ1n) is 7.37. The van der Waals surface area contributed by atoms with Gasteiger partial charge in [-0.15, -0.1) is 0 Å². The number of carbonyl (C=O) groups is 1. The Kier molecular flexibility index (Phi) is 5.74. The fourth-order valence-corrected chi connectivity index (χ4v) is 2.46. The Morgan fingerprint density at radius 2 is 2.05 bits per heavy atom. The van der Waals surface area contributed by atoms with E-state index in [1.54, 1.807) is 6.92 Å². The first-order chi connectivity index (χ1) is 9.35. The second-order valence-corrected chi connectivity index (χ2v) is 5.54. The minimum absolute atomic E-state index is 0.521. The molecule has 5 heteroatoms. The summed E-state index contributed by atoms with van der Waals surface area (Å²) in [6, 6.07) is 0. The number of rotatable bonds is 8. The van der Waals surface area contributed by atoms with Crippen LogP contribution in [0.4, 0.5) is 0 Å². The molecule has 0 spiro atoms. The summed E-state index contributed by atoms with van der Waals surface area (Å²) in [5.74, 6) is -0.803. The largest absolute Gasteiger partial charge is 0.480 e. The Morgan fingerprint density at radius 1 is 1.40 bits per heavy atom. The van der Waals surface area contributed by atoms with Crippen molar-refractivity contribution in [3.8, 4) is 0 Å². The van der Waals surface area contributed by atoms with Crippen LogP contribution in [0.1, 0.15) is 50.6 Å². The average Bonchev–Trinajstić information content (AvgIpc) is 2.68. The van der Waals surface area contributed by atoms with Crippen LogP contribution in [0.15, 0.2) is 0 Å². The molecule has 5 nitrogen and oxygen atoms in total. The second kappa shape index (κ2) is 6.88. The minimum atomic E-state index is -0.894. The number of aromatic nitrogens is 2.